The summed E-state index contributed by atoms with van der Waals surface area (Å²) >= 11 is 0. The molecular weight excluding hydrogens is 631 g/mol. The first kappa shape index (κ1) is 34.4. The van der Waals surface area contributed by atoms with Crippen LogP contribution in [0.25, 0.3) is 33.4 Å². The predicted octanol–water partition coefficient (Wildman–Crippen LogP) is 11.6. The van der Waals surface area contributed by atoms with Crippen molar-refractivity contribution in [1.82, 2.24) is 0 Å². The zero-order valence-corrected chi connectivity index (χ0v) is 29.3. The molecule has 0 N–H and O–H groups in total. The number of benzene rings is 6. The van der Waals surface area contributed by atoms with Crippen molar-refractivity contribution in [1.29, 1.82) is 0 Å². The van der Waals surface area contributed by atoms with E-state index in [1.807, 2.05) is 24.3 Å². The molecule has 0 saturated carbocycles. The summed E-state index contributed by atoms with van der Waals surface area (Å²) in [5.74, 6) is -0.132. The summed E-state index contributed by atoms with van der Waals surface area (Å²) in [5.41, 5.74) is 14.2. The predicted molar refractivity (Wildman–Crippen MR) is 208 cm³/mol. The molecule has 5 heteroatoms. The quantitative estimate of drug-likeness (QED) is 0.0825. The molecule has 0 aliphatic carbocycles. The zero-order valence-electron chi connectivity index (χ0n) is 29.3. The van der Waals surface area contributed by atoms with Crippen molar-refractivity contribution in [3.8, 4) is 44.9 Å². The molecule has 0 fully saturated rings. The van der Waals surface area contributed by atoms with Crippen LogP contribution < -0.4 is 14.4 Å². The second kappa shape index (κ2) is 15.0. The fourth-order valence-corrected chi connectivity index (χ4v) is 5.85. The van der Waals surface area contributed by atoms with Crippen LogP contribution in [0.5, 0.6) is 11.5 Å². The van der Waals surface area contributed by atoms with E-state index in [-0.39, 0.29) is 0 Å². The average Bonchev–Trinajstić information content (AvgIpc) is 3.15. The Balaban J connectivity index is 1.42. The highest BCUT2D eigenvalue weighted by Gasteiger charge is 2.15. The molecular formula is C46H39NO4. The van der Waals surface area contributed by atoms with Gasteiger partial charge in [0.05, 0.1) is 0 Å². The summed E-state index contributed by atoms with van der Waals surface area (Å²) < 4.78 is 10.6. The highest BCUT2D eigenvalue weighted by Crippen LogP contribution is 2.39. The standard InChI is InChI=1S/C46H39NO4/c1-7-45(48)50-43-21-13-35(14-22-43)38-27-37(28-39(29-38)36-15-23-44(24-16-36)51-46(49)8-2)34-11-19-40(20-12-34)47(41-17-9-30(3)32(5)25-41)42-18-10-31(4)33(6)26-42/h7-29H,1-2H2,3-6H3. The van der Waals surface area contributed by atoms with Crippen LogP contribution in [0, 0.1) is 27.7 Å². The van der Waals surface area contributed by atoms with Crippen LogP contribution in [0.3, 0.4) is 0 Å². The Labute approximate surface area is 299 Å². The van der Waals surface area contributed by atoms with Gasteiger partial charge in [0.25, 0.3) is 0 Å². The average molecular weight is 670 g/mol. The van der Waals surface area contributed by atoms with Crippen molar-refractivity contribution in [3.63, 3.8) is 0 Å². The number of hydrogen-bond donors (Lipinski definition) is 0. The molecule has 0 spiro atoms. The largest absolute Gasteiger partial charge is 0.423 e. The van der Waals surface area contributed by atoms with E-state index < -0.39 is 11.9 Å². The van der Waals surface area contributed by atoms with Crippen molar-refractivity contribution in [2.24, 2.45) is 0 Å². The molecule has 0 amide bonds. The number of carbonyl (C=O) groups is 2. The third-order valence-electron chi connectivity index (χ3n) is 9.03. The minimum atomic E-state index is -0.508. The Bertz CT molecular complexity index is 2110. The summed E-state index contributed by atoms with van der Waals surface area (Å²) in [6.45, 7) is 15.5. The van der Waals surface area contributed by atoms with Gasteiger partial charge in [-0.25, -0.2) is 9.59 Å². The lowest BCUT2D eigenvalue weighted by molar-refractivity contribution is -0.129. The fourth-order valence-electron chi connectivity index (χ4n) is 5.85. The van der Waals surface area contributed by atoms with Crippen LogP contribution in [-0.2, 0) is 9.59 Å². The molecule has 0 unspecified atom stereocenters. The Hall–Kier alpha value is -6.46. The number of aryl methyl sites for hydroxylation is 4. The summed E-state index contributed by atoms with van der Waals surface area (Å²) in [5, 5.41) is 0. The molecule has 0 heterocycles. The topological polar surface area (TPSA) is 55.8 Å². The van der Waals surface area contributed by atoms with Gasteiger partial charge >= 0.3 is 11.9 Å². The molecule has 252 valence electrons. The van der Waals surface area contributed by atoms with Gasteiger partial charge in [-0.15, -0.1) is 0 Å². The van der Waals surface area contributed by atoms with E-state index in [0.29, 0.717) is 11.5 Å². The molecule has 5 nitrogen and oxygen atoms in total. The smallest absolute Gasteiger partial charge is 0.335 e. The Morgan fingerprint density at radius 1 is 0.431 bits per heavy atom. The van der Waals surface area contributed by atoms with Gasteiger partial charge in [-0.3, -0.25) is 0 Å². The maximum Gasteiger partial charge on any atom is 0.335 e. The van der Waals surface area contributed by atoms with E-state index in [2.05, 4.69) is 125 Å². The number of nitrogens with zero attached hydrogens (tertiary/aromatic N) is 1. The van der Waals surface area contributed by atoms with Crippen LogP contribution in [-0.4, -0.2) is 11.9 Å². The molecule has 0 bridgehead atoms. The van der Waals surface area contributed by atoms with Gasteiger partial charge in [0, 0.05) is 29.2 Å². The van der Waals surface area contributed by atoms with Crippen molar-refractivity contribution in [2.45, 2.75) is 27.7 Å². The number of hydrogen-bond acceptors (Lipinski definition) is 5. The summed E-state index contributed by atoms with van der Waals surface area (Å²) in [4.78, 5) is 25.8. The zero-order chi connectivity index (χ0) is 36.1. The Kier molecular flexibility index (Phi) is 10.1. The highest BCUT2D eigenvalue weighted by atomic mass is 16.5. The first-order valence-corrected chi connectivity index (χ1v) is 16.7. The highest BCUT2D eigenvalue weighted by molar-refractivity contribution is 5.86. The van der Waals surface area contributed by atoms with Crippen molar-refractivity contribution >= 4 is 29.0 Å². The minimum Gasteiger partial charge on any atom is -0.423 e. The van der Waals surface area contributed by atoms with Crippen LogP contribution >= 0.6 is 0 Å². The maximum atomic E-state index is 11.7. The van der Waals surface area contributed by atoms with Gasteiger partial charge in [-0.2, -0.15) is 0 Å². The molecule has 0 aliphatic heterocycles. The van der Waals surface area contributed by atoms with Crippen molar-refractivity contribution < 1.29 is 19.1 Å². The van der Waals surface area contributed by atoms with E-state index in [1.165, 1.54) is 22.3 Å². The minimum absolute atomic E-state index is 0.442. The number of esters is 2. The molecule has 6 aromatic carbocycles. The monoisotopic (exact) mass is 669 g/mol. The van der Waals surface area contributed by atoms with E-state index in [1.54, 1.807) is 24.3 Å². The van der Waals surface area contributed by atoms with Crippen LogP contribution in [0.2, 0.25) is 0 Å². The van der Waals surface area contributed by atoms with Crippen molar-refractivity contribution in [2.75, 3.05) is 4.90 Å². The second-order valence-electron chi connectivity index (χ2n) is 12.5. The molecule has 0 atom stereocenters. The molecule has 6 rings (SSSR count). The molecule has 0 saturated heterocycles. The molecule has 0 aromatic heterocycles. The fraction of sp³-hybridized carbons (Fsp3) is 0.0870. The SMILES string of the molecule is C=CC(=O)Oc1ccc(-c2cc(-c3ccc(OC(=O)C=C)cc3)cc(-c3ccc(N(c4ccc(C)c(C)c4)c4ccc(C)c(C)c4)cc3)c2)cc1. The Morgan fingerprint density at radius 3 is 1.10 bits per heavy atom. The Morgan fingerprint density at radius 2 is 0.765 bits per heavy atom. The summed E-state index contributed by atoms with van der Waals surface area (Å²) in [6, 6.07) is 43.1. The molecule has 6 aromatic rings. The third kappa shape index (κ3) is 7.90. The van der Waals surface area contributed by atoms with Crippen LogP contribution in [0.4, 0.5) is 17.1 Å². The number of ether oxygens (including phenoxy) is 2. The summed E-state index contributed by atoms with van der Waals surface area (Å²) in [7, 11) is 0. The second-order valence-corrected chi connectivity index (χ2v) is 12.5. The normalized spacial score (nSPS) is 10.7. The van der Waals surface area contributed by atoms with Gasteiger partial charge in [-0.05, 0) is 162 Å². The number of anilines is 3. The van der Waals surface area contributed by atoms with Gasteiger partial charge in [0.2, 0.25) is 0 Å². The van der Waals surface area contributed by atoms with E-state index in [4.69, 9.17) is 9.47 Å². The third-order valence-corrected chi connectivity index (χ3v) is 9.03. The lowest BCUT2D eigenvalue weighted by Gasteiger charge is -2.27. The van der Waals surface area contributed by atoms with Crippen LogP contribution in [0.1, 0.15) is 22.3 Å². The maximum absolute atomic E-state index is 11.7. The first-order chi connectivity index (χ1) is 24.6. The van der Waals surface area contributed by atoms with E-state index in [9.17, 15) is 9.59 Å². The van der Waals surface area contributed by atoms with Crippen molar-refractivity contribution in [3.05, 3.63) is 175 Å². The molecule has 0 radical (unpaired) electrons. The van der Waals surface area contributed by atoms with Gasteiger partial charge in [0.15, 0.2) is 0 Å². The van der Waals surface area contributed by atoms with Crippen LogP contribution in [0.15, 0.2) is 153 Å². The number of carbonyl (C=O) groups excluding carboxylic acids is 2. The summed E-state index contributed by atoms with van der Waals surface area (Å²) in [6.07, 6.45) is 2.28. The van der Waals surface area contributed by atoms with Gasteiger partial charge < -0.3 is 14.4 Å². The van der Waals surface area contributed by atoms with E-state index >= 15 is 0 Å². The number of rotatable bonds is 10. The molecule has 51 heavy (non-hydrogen) atoms. The molecule has 0 aliphatic rings. The lowest BCUT2D eigenvalue weighted by atomic mass is 9.93. The first-order valence-electron chi connectivity index (χ1n) is 16.7. The lowest BCUT2D eigenvalue weighted by Crippen LogP contribution is -2.10. The van der Waals surface area contributed by atoms with E-state index in [0.717, 1.165) is 62.6 Å². The van der Waals surface area contributed by atoms with Gasteiger partial charge in [-0.1, -0.05) is 61.7 Å². The van der Waals surface area contributed by atoms with Gasteiger partial charge in [0.1, 0.15) is 11.5 Å².